The third-order valence-electron chi connectivity index (χ3n) is 3.26. The zero-order valence-electron chi connectivity index (χ0n) is 11.6. The summed E-state index contributed by atoms with van der Waals surface area (Å²) in [4.78, 5) is 14.1. The molecule has 0 saturated heterocycles. The van der Waals surface area contributed by atoms with Gasteiger partial charge in [0.15, 0.2) is 0 Å². The van der Waals surface area contributed by atoms with E-state index in [1.165, 1.54) is 12.3 Å². The largest absolute Gasteiger partial charge is 0.459 e. The Labute approximate surface area is 130 Å². The van der Waals surface area contributed by atoms with Crippen molar-refractivity contribution in [1.82, 2.24) is 4.98 Å². The molecule has 1 aromatic carbocycles. The molecule has 0 aliphatic heterocycles. The normalized spacial score (nSPS) is 12.3. The number of hydrogen-bond acceptors (Lipinski definition) is 5. The summed E-state index contributed by atoms with van der Waals surface area (Å²) >= 11 is 6.02. The average Bonchev–Trinajstić information content (AvgIpc) is 2.93. The highest BCUT2D eigenvalue weighted by Gasteiger charge is 2.16. The number of para-hydroxylation sites is 1. The lowest BCUT2D eigenvalue weighted by atomic mass is 10.2. The van der Waals surface area contributed by atoms with Gasteiger partial charge < -0.3 is 9.73 Å². The first-order chi connectivity index (χ1) is 10.5. The summed E-state index contributed by atoms with van der Waals surface area (Å²) in [5.74, 6) is 1.11. The van der Waals surface area contributed by atoms with Crippen LogP contribution < -0.4 is 5.32 Å². The molecule has 6 nitrogen and oxygen atoms in total. The second-order valence-corrected chi connectivity index (χ2v) is 5.24. The van der Waals surface area contributed by atoms with E-state index in [4.69, 9.17) is 16.0 Å². The molecule has 0 saturated carbocycles. The smallest absolute Gasteiger partial charge is 0.289 e. The number of fused-ring (bicyclic) bond motifs is 1. The predicted molar refractivity (Wildman–Crippen MR) is 84.2 cm³/mol. The molecule has 0 aliphatic carbocycles. The first kappa shape index (κ1) is 14.3. The number of nitro groups is 1. The molecule has 112 valence electrons. The minimum atomic E-state index is -0.536. The number of aromatic nitrogens is 1. The fourth-order valence-corrected chi connectivity index (χ4v) is 2.34. The summed E-state index contributed by atoms with van der Waals surface area (Å²) in [5, 5.41) is 15.0. The summed E-state index contributed by atoms with van der Waals surface area (Å²) < 4.78 is 5.76. The van der Waals surface area contributed by atoms with Gasteiger partial charge in [-0.3, -0.25) is 10.1 Å². The molecule has 7 heteroatoms. The standard InChI is InChI=1S/C15H12ClN3O3/c1-9(14-6-10-4-2-3-5-13(10)22-14)18-15-12(16)7-11(8-17-15)19(20)21/h2-9H,1H3,(H,17,18)/t9-/m1/s1. The second kappa shape index (κ2) is 5.65. The first-order valence-electron chi connectivity index (χ1n) is 6.59. The fraction of sp³-hybridized carbons (Fsp3) is 0.133. The van der Waals surface area contributed by atoms with Crippen molar-refractivity contribution in [2.45, 2.75) is 13.0 Å². The van der Waals surface area contributed by atoms with Gasteiger partial charge in [0.25, 0.3) is 5.69 Å². The number of rotatable bonds is 4. The summed E-state index contributed by atoms with van der Waals surface area (Å²) in [5.41, 5.74) is 0.654. The van der Waals surface area contributed by atoms with E-state index in [1.54, 1.807) is 0 Å². The number of pyridine rings is 1. The molecule has 3 rings (SSSR count). The van der Waals surface area contributed by atoms with Gasteiger partial charge in [0.1, 0.15) is 23.4 Å². The van der Waals surface area contributed by atoms with Gasteiger partial charge in [-0.2, -0.15) is 0 Å². The predicted octanol–water partition coefficient (Wildman–Crippen LogP) is 4.56. The number of nitrogens with zero attached hydrogens (tertiary/aromatic N) is 2. The minimum Gasteiger partial charge on any atom is -0.459 e. The fourth-order valence-electron chi connectivity index (χ4n) is 2.13. The number of hydrogen-bond donors (Lipinski definition) is 1. The lowest BCUT2D eigenvalue weighted by Crippen LogP contribution is -2.07. The van der Waals surface area contributed by atoms with Crippen molar-refractivity contribution in [2.24, 2.45) is 0 Å². The maximum absolute atomic E-state index is 10.7. The van der Waals surface area contributed by atoms with E-state index in [0.29, 0.717) is 5.82 Å². The average molecular weight is 318 g/mol. The van der Waals surface area contributed by atoms with Gasteiger partial charge in [-0.15, -0.1) is 0 Å². The maximum atomic E-state index is 10.7. The van der Waals surface area contributed by atoms with E-state index in [9.17, 15) is 10.1 Å². The van der Waals surface area contributed by atoms with Crippen LogP contribution in [0.1, 0.15) is 18.7 Å². The SMILES string of the molecule is C[C@@H](Nc1ncc([N+](=O)[O-])cc1Cl)c1cc2ccccc2o1. The van der Waals surface area contributed by atoms with Crippen LogP contribution in [0.2, 0.25) is 5.02 Å². The number of anilines is 1. The Hall–Kier alpha value is -2.60. The second-order valence-electron chi connectivity index (χ2n) is 4.83. The molecular weight excluding hydrogens is 306 g/mol. The summed E-state index contributed by atoms with van der Waals surface area (Å²) in [6, 6.07) is 10.7. The van der Waals surface area contributed by atoms with Gasteiger partial charge in [0, 0.05) is 11.5 Å². The first-order valence-corrected chi connectivity index (χ1v) is 6.97. The van der Waals surface area contributed by atoms with Crippen molar-refractivity contribution in [1.29, 1.82) is 0 Å². The van der Waals surface area contributed by atoms with E-state index >= 15 is 0 Å². The van der Waals surface area contributed by atoms with Crippen molar-refractivity contribution in [3.63, 3.8) is 0 Å². The zero-order valence-corrected chi connectivity index (χ0v) is 12.4. The Morgan fingerprint density at radius 3 is 2.82 bits per heavy atom. The van der Waals surface area contributed by atoms with E-state index in [-0.39, 0.29) is 16.8 Å². The van der Waals surface area contributed by atoms with Gasteiger partial charge >= 0.3 is 0 Å². The zero-order chi connectivity index (χ0) is 15.7. The highest BCUT2D eigenvalue weighted by atomic mass is 35.5. The van der Waals surface area contributed by atoms with Crippen LogP contribution in [0.15, 0.2) is 47.0 Å². The van der Waals surface area contributed by atoms with E-state index < -0.39 is 4.92 Å². The highest BCUT2D eigenvalue weighted by Crippen LogP contribution is 2.29. The molecule has 0 unspecified atom stereocenters. The Bertz CT molecular complexity index is 814. The molecule has 0 radical (unpaired) electrons. The van der Waals surface area contributed by atoms with E-state index in [2.05, 4.69) is 10.3 Å². The molecule has 0 aliphatic rings. The van der Waals surface area contributed by atoms with Crippen LogP contribution in [0.4, 0.5) is 11.5 Å². The number of benzene rings is 1. The Kier molecular flexibility index (Phi) is 3.68. The van der Waals surface area contributed by atoms with Crippen molar-refractivity contribution < 1.29 is 9.34 Å². The van der Waals surface area contributed by atoms with Crippen LogP contribution in [0.25, 0.3) is 11.0 Å². The third-order valence-corrected chi connectivity index (χ3v) is 3.55. The molecule has 1 N–H and O–H groups in total. The molecular formula is C15H12ClN3O3. The lowest BCUT2D eigenvalue weighted by Gasteiger charge is -2.12. The van der Waals surface area contributed by atoms with Crippen LogP contribution in [-0.4, -0.2) is 9.91 Å². The Morgan fingerprint density at radius 1 is 1.36 bits per heavy atom. The molecule has 0 amide bonds. The van der Waals surface area contributed by atoms with Gasteiger partial charge in [-0.05, 0) is 19.1 Å². The van der Waals surface area contributed by atoms with E-state index in [0.717, 1.165) is 16.7 Å². The van der Waals surface area contributed by atoms with Gasteiger partial charge in [0.05, 0.1) is 16.0 Å². The van der Waals surface area contributed by atoms with Crippen molar-refractivity contribution in [2.75, 3.05) is 5.32 Å². The Balaban J connectivity index is 1.84. The molecule has 2 heterocycles. The van der Waals surface area contributed by atoms with Crippen LogP contribution in [0.3, 0.4) is 0 Å². The number of furan rings is 1. The molecule has 0 bridgehead atoms. The van der Waals surface area contributed by atoms with Crippen LogP contribution in [0.5, 0.6) is 0 Å². The molecule has 0 spiro atoms. The van der Waals surface area contributed by atoms with Crippen molar-refractivity contribution >= 4 is 34.1 Å². The van der Waals surface area contributed by atoms with Crippen LogP contribution >= 0.6 is 11.6 Å². The molecule has 3 aromatic rings. The van der Waals surface area contributed by atoms with Crippen LogP contribution in [-0.2, 0) is 0 Å². The summed E-state index contributed by atoms with van der Waals surface area (Å²) in [6.07, 6.45) is 1.17. The number of halogens is 1. The molecule has 0 fully saturated rings. The summed E-state index contributed by atoms with van der Waals surface area (Å²) in [6.45, 7) is 1.90. The monoisotopic (exact) mass is 317 g/mol. The summed E-state index contributed by atoms with van der Waals surface area (Å²) in [7, 11) is 0. The minimum absolute atomic E-state index is 0.146. The number of nitrogens with one attached hydrogen (secondary N) is 1. The molecule has 2 aromatic heterocycles. The molecule has 1 atom stereocenters. The van der Waals surface area contributed by atoms with Gasteiger partial charge in [0.2, 0.25) is 0 Å². The topological polar surface area (TPSA) is 81.2 Å². The van der Waals surface area contributed by atoms with Gasteiger partial charge in [-0.25, -0.2) is 4.98 Å². The van der Waals surface area contributed by atoms with Crippen LogP contribution in [0, 0.1) is 10.1 Å². The lowest BCUT2D eigenvalue weighted by molar-refractivity contribution is -0.385. The van der Waals surface area contributed by atoms with Gasteiger partial charge in [-0.1, -0.05) is 29.8 Å². The highest BCUT2D eigenvalue weighted by molar-refractivity contribution is 6.33. The Morgan fingerprint density at radius 2 is 2.14 bits per heavy atom. The molecule has 22 heavy (non-hydrogen) atoms. The van der Waals surface area contributed by atoms with E-state index in [1.807, 2.05) is 37.3 Å². The third kappa shape index (κ3) is 2.73. The quantitative estimate of drug-likeness (QED) is 0.563. The maximum Gasteiger partial charge on any atom is 0.289 e. The van der Waals surface area contributed by atoms with Crippen molar-refractivity contribution in [3.8, 4) is 0 Å². The van der Waals surface area contributed by atoms with Crippen molar-refractivity contribution in [3.05, 3.63) is 63.5 Å².